The first-order chi connectivity index (χ1) is 17.2. The van der Waals surface area contributed by atoms with Crippen molar-refractivity contribution in [2.24, 2.45) is 0 Å². The summed E-state index contributed by atoms with van der Waals surface area (Å²) < 4.78 is 40.3. The number of para-hydroxylation sites is 1. The van der Waals surface area contributed by atoms with Gasteiger partial charge >= 0.3 is 6.18 Å². The zero-order chi connectivity index (χ0) is 25.7. The molecule has 4 rings (SSSR count). The Bertz CT molecular complexity index is 1320. The van der Waals surface area contributed by atoms with Crippen LogP contribution in [0.5, 0.6) is 0 Å². The summed E-state index contributed by atoms with van der Waals surface area (Å²) in [5, 5.41) is 3.20. The molecular formula is C25H25F3N4O3S. The number of carbonyl (C=O) groups excluding carboxylic acids is 2. The lowest BCUT2D eigenvalue weighted by atomic mass is 10.2. The number of halogens is 3. The molecule has 2 aromatic carbocycles. The molecule has 0 unspecified atom stereocenters. The largest absolute Gasteiger partial charge is 0.416 e. The van der Waals surface area contributed by atoms with Crippen LogP contribution < -0.4 is 10.9 Å². The van der Waals surface area contributed by atoms with Crippen molar-refractivity contribution in [1.82, 2.24) is 14.5 Å². The first kappa shape index (κ1) is 25.7. The van der Waals surface area contributed by atoms with Crippen LogP contribution in [0.2, 0.25) is 0 Å². The number of anilines is 1. The van der Waals surface area contributed by atoms with Crippen LogP contribution in [-0.4, -0.2) is 45.1 Å². The lowest BCUT2D eigenvalue weighted by Gasteiger charge is -2.16. The number of hydrogen-bond acceptors (Lipinski definition) is 5. The van der Waals surface area contributed by atoms with Gasteiger partial charge in [0.05, 0.1) is 22.2 Å². The minimum absolute atomic E-state index is 0.0275. The Kier molecular flexibility index (Phi) is 7.97. The highest BCUT2D eigenvalue weighted by Gasteiger charge is 2.30. The van der Waals surface area contributed by atoms with E-state index in [1.54, 1.807) is 24.3 Å². The first-order valence-corrected chi connectivity index (χ1v) is 12.6. The number of likely N-dealkylation sites (tertiary alicyclic amines) is 1. The number of rotatable bonds is 8. The van der Waals surface area contributed by atoms with Gasteiger partial charge in [-0.15, -0.1) is 0 Å². The Hall–Kier alpha value is -3.34. The van der Waals surface area contributed by atoms with Crippen LogP contribution in [0, 0.1) is 0 Å². The molecule has 0 bridgehead atoms. The van der Waals surface area contributed by atoms with Crippen molar-refractivity contribution >= 4 is 40.2 Å². The van der Waals surface area contributed by atoms with Crippen LogP contribution in [0.1, 0.15) is 31.2 Å². The van der Waals surface area contributed by atoms with E-state index >= 15 is 0 Å². The molecule has 1 N–H and O–H groups in total. The van der Waals surface area contributed by atoms with E-state index in [-0.39, 0.29) is 29.5 Å². The van der Waals surface area contributed by atoms with Crippen LogP contribution in [0.15, 0.2) is 58.5 Å². The number of fused-ring (bicyclic) bond motifs is 1. The van der Waals surface area contributed by atoms with Crippen molar-refractivity contribution in [2.75, 3.05) is 24.2 Å². The topological polar surface area (TPSA) is 84.3 Å². The standard InChI is InChI=1S/C25H25F3N4O3S/c26-25(27,28)17-7-5-8-18(15-17)29-21(33)16-36-24-30-20-10-2-1-9-19(20)23(35)32(24)14-6-11-22(34)31-12-3-4-13-31/h1-2,5,7-10,15H,3-4,6,11-14,16H2,(H,29,33). The number of aromatic nitrogens is 2. The molecule has 1 fully saturated rings. The van der Waals surface area contributed by atoms with E-state index in [0.29, 0.717) is 28.9 Å². The van der Waals surface area contributed by atoms with Crippen LogP contribution in [0.4, 0.5) is 18.9 Å². The number of nitrogens with zero attached hydrogens (tertiary/aromatic N) is 3. The zero-order valence-corrected chi connectivity index (χ0v) is 20.2. The number of thioether (sulfide) groups is 1. The Balaban J connectivity index is 1.46. The zero-order valence-electron chi connectivity index (χ0n) is 19.4. The Morgan fingerprint density at radius 3 is 2.56 bits per heavy atom. The van der Waals surface area contributed by atoms with E-state index in [9.17, 15) is 27.6 Å². The first-order valence-electron chi connectivity index (χ1n) is 11.6. The van der Waals surface area contributed by atoms with Crippen LogP contribution in [0.25, 0.3) is 10.9 Å². The van der Waals surface area contributed by atoms with Gasteiger partial charge in [0.15, 0.2) is 5.16 Å². The Morgan fingerprint density at radius 1 is 1.06 bits per heavy atom. The minimum Gasteiger partial charge on any atom is -0.343 e. The molecule has 0 saturated carbocycles. The third-order valence-corrected chi connectivity index (χ3v) is 6.84. The van der Waals surface area contributed by atoms with E-state index in [0.717, 1.165) is 49.8 Å². The molecule has 3 aromatic rings. The average molecular weight is 519 g/mol. The number of alkyl halides is 3. The number of benzene rings is 2. The fraction of sp³-hybridized carbons (Fsp3) is 0.360. The summed E-state index contributed by atoms with van der Waals surface area (Å²) in [5.74, 6) is -0.630. The second-order valence-corrected chi connectivity index (χ2v) is 9.42. The molecule has 1 aliphatic heterocycles. The summed E-state index contributed by atoms with van der Waals surface area (Å²) in [4.78, 5) is 44.4. The summed E-state index contributed by atoms with van der Waals surface area (Å²) >= 11 is 1.02. The van der Waals surface area contributed by atoms with Gasteiger partial charge in [0.1, 0.15) is 0 Å². The van der Waals surface area contributed by atoms with E-state index in [1.807, 2.05) is 4.90 Å². The van der Waals surface area contributed by atoms with Crippen molar-refractivity contribution in [2.45, 2.75) is 43.6 Å². The van der Waals surface area contributed by atoms with Crippen molar-refractivity contribution in [1.29, 1.82) is 0 Å². The van der Waals surface area contributed by atoms with Crippen LogP contribution in [-0.2, 0) is 22.3 Å². The third kappa shape index (κ3) is 6.26. The van der Waals surface area contributed by atoms with Gasteiger partial charge in [-0.3, -0.25) is 19.0 Å². The van der Waals surface area contributed by atoms with E-state index in [1.165, 1.54) is 16.7 Å². The van der Waals surface area contributed by atoms with Crippen LogP contribution >= 0.6 is 11.8 Å². The van der Waals surface area contributed by atoms with Gasteiger partial charge in [0.2, 0.25) is 11.8 Å². The summed E-state index contributed by atoms with van der Waals surface area (Å²) in [5.41, 5.74) is -0.621. The summed E-state index contributed by atoms with van der Waals surface area (Å²) in [6, 6.07) is 11.2. The monoisotopic (exact) mass is 518 g/mol. The molecule has 0 radical (unpaired) electrons. The maximum Gasteiger partial charge on any atom is 0.416 e. The minimum atomic E-state index is -4.52. The molecule has 0 spiro atoms. The molecule has 190 valence electrons. The number of carbonyl (C=O) groups is 2. The molecule has 2 heterocycles. The van der Waals surface area contributed by atoms with E-state index in [4.69, 9.17) is 0 Å². The van der Waals surface area contributed by atoms with Gasteiger partial charge in [-0.25, -0.2) is 4.98 Å². The SMILES string of the molecule is O=C(CSc1nc2ccccc2c(=O)n1CCCC(=O)N1CCCC1)Nc1cccc(C(F)(F)F)c1. The molecule has 7 nitrogen and oxygen atoms in total. The van der Waals surface area contributed by atoms with Gasteiger partial charge in [0.25, 0.3) is 5.56 Å². The molecule has 0 aliphatic carbocycles. The maximum absolute atomic E-state index is 13.2. The van der Waals surface area contributed by atoms with Crippen molar-refractivity contribution in [3.8, 4) is 0 Å². The summed E-state index contributed by atoms with van der Waals surface area (Å²) in [6.45, 7) is 1.78. The highest BCUT2D eigenvalue weighted by atomic mass is 32.2. The maximum atomic E-state index is 13.2. The Morgan fingerprint density at radius 2 is 1.81 bits per heavy atom. The molecular weight excluding hydrogens is 493 g/mol. The molecule has 1 saturated heterocycles. The van der Waals surface area contributed by atoms with Gasteiger partial charge in [-0.05, 0) is 49.6 Å². The van der Waals surface area contributed by atoms with Crippen LogP contribution in [0.3, 0.4) is 0 Å². The fourth-order valence-electron chi connectivity index (χ4n) is 4.07. The van der Waals surface area contributed by atoms with Crippen molar-refractivity contribution in [3.63, 3.8) is 0 Å². The molecule has 1 aliphatic rings. The molecule has 36 heavy (non-hydrogen) atoms. The molecule has 11 heteroatoms. The van der Waals surface area contributed by atoms with Gasteiger partial charge in [-0.2, -0.15) is 13.2 Å². The lowest BCUT2D eigenvalue weighted by Crippen LogP contribution is -2.29. The second kappa shape index (κ2) is 11.2. The Labute approximate surface area is 209 Å². The van der Waals surface area contributed by atoms with Crippen molar-refractivity contribution in [3.05, 3.63) is 64.4 Å². The highest BCUT2D eigenvalue weighted by Crippen LogP contribution is 2.30. The smallest absolute Gasteiger partial charge is 0.343 e. The fourth-order valence-corrected chi connectivity index (χ4v) is 4.89. The number of amides is 2. The van der Waals surface area contributed by atoms with Gasteiger partial charge in [-0.1, -0.05) is 30.0 Å². The van der Waals surface area contributed by atoms with Gasteiger partial charge < -0.3 is 10.2 Å². The quantitative estimate of drug-likeness (QED) is 0.350. The predicted molar refractivity (Wildman–Crippen MR) is 132 cm³/mol. The average Bonchev–Trinajstić information content (AvgIpc) is 3.39. The lowest BCUT2D eigenvalue weighted by molar-refractivity contribution is -0.137. The second-order valence-electron chi connectivity index (χ2n) is 8.48. The normalized spacial score (nSPS) is 13.8. The molecule has 0 atom stereocenters. The number of nitrogens with one attached hydrogen (secondary N) is 1. The summed E-state index contributed by atoms with van der Waals surface area (Å²) in [6.07, 6.45) is -1.76. The van der Waals surface area contributed by atoms with Crippen molar-refractivity contribution < 1.29 is 22.8 Å². The van der Waals surface area contributed by atoms with E-state index in [2.05, 4.69) is 10.3 Å². The predicted octanol–water partition coefficient (Wildman–Crippen LogP) is 4.55. The van der Waals surface area contributed by atoms with Gasteiger partial charge in [0, 0.05) is 31.7 Å². The molecule has 1 aromatic heterocycles. The van der Waals surface area contributed by atoms with E-state index < -0.39 is 17.6 Å². The third-order valence-electron chi connectivity index (χ3n) is 5.86. The highest BCUT2D eigenvalue weighted by molar-refractivity contribution is 7.99. The summed E-state index contributed by atoms with van der Waals surface area (Å²) in [7, 11) is 0. The molecule has 2 amide bonds. The number of hydrogen-bond donors (Lipinski definition) is 1.